The first kappa shape index (κ1) is 34.2. The summed E-state index contributed by atoms with van der Waals surface area (Å²) in [7, 11) is 1.88. The van der Waals surface area contributed by atoms with Crippen molar-refractivity contribution in [2.24, 2.45) is 12.5 Å². The molecule has 6 heterocycles. The third kappa shape index (κ3) is 6.85. The highest BCUT2D eigenvalue weighted by Gasteiger charge is 2.51. The van der Waals surface area contributed by atoms with Gasteiger partial charge in [0.05, 0.1) is 17.2 Å². The van der Waals surface area contributed by atoms with Gasteiger partial charge >= 0.3 is 0 Å². The lowest BCUT2D eigenvalue weighted by atomic mass is 9.78. The lowest BCUT2D eigenvalue weighted by Crippen LogP contribution is -2.50. The molecule has 0 radical (unpaired) electrons. The molecule has 12 heteroatoms. The third-order valence-corrected chi connectivity index (χ3v) is 10.9. The summed E-state index contributed by atoms with van der Waals surface area (Å²) in [6, 6.07) is 17.7. The Morgan fingerprint density at radius 2 is 1.88 bits per heavy atom. The number of hydrogen-bond donors (Lipinski definition) is 2. The zero-order chi connectivity index (χ0) is 36.0. The fourth-order valence-corrected chi connectivity index (χ4v) is 8.06. The molecule has 3 N–H and O–H groups in total. The van der Waals surface area contributed by atoms with E-state index in [0.717, 1.165) is 75.5 Å². The monoisotopic (exact) mass is 701 g/mol. The number of anilines is 2. The number of nitrogens with two attached hydrogens (primary N) is 1. The summed E-state index contributed by atoms with van der Waals surface area (Å²) < 4.78 is 13.6. The molecule has 8 rings (SSSR count). The Labute approximate surface area is 304 Å². The molecule has 4 aliphatic heterocycles. The number of aryl methyl sites for hydroxylation is 1. The van der Waals surface area contributed by atoms with Crippen molar-refractivity contribution in [3.63, 3.8) is 0 Å². The number of ether oxygens (including phenoxy) is 2. The highest BCUT2D eigenvalue weighted by molar-refractivity contribution is 6.14. The SMILES string of the molecule is CC(C)Oc1ccc(C(=N)c2cc(N3CCCC4(CCN(CC5OC5N5CC=C(c6ccc(-c7ncn(C)n7)cc6)CC5)C4)C3=O)ccc2N)cn1. The van der Waals surface area contributed by atoms with Gasteiger partial charge in [0.1, 0.15) is 18.7 Å². The van der Waals surface area contributed by atoms with Crippen LogP contribution in [0.15, 0.2) is 73.2 Å². The second-order valence-corrected chi connectivity index (χ2v) is 14.9. The van der Waals surface area contributed by atoms with Gasteiger partial charge in [0.2, 0.25) is 11.8 Å². The summed E-state index contributed by atoms with van der Waals surface area (Å²) in [6.45, 7) is 8.86. The number of hydrogen-bond acceptors (Lipinski definition) is 10. The van der Waals surface area contributed by atoms with E-state index >= 15 is 0 Å². The molecule has 0 bridgehead atoms. The fourth-order valence-electron chi connectivity index (χ4n) is 8.06. The van der Waals surface area contributed by atoms with E-state index in [9.17, 15) is 4.79 Å². The van der Waals surface area contributed by atoms with Gasteiger partial charge in [-0.25, -0.2) is 9.97 Å². The van der Waals surface area contributed by atoms with Crippen LogP contribution in [-0.4, -0.2) is 98.9 Å². The maximum atomic E-state index is 14.2. The number of benzene rings is 2. The van der Waals surface area contributed by atoms with Crippen LogP contribution in [0.1, 0.15) is 56.2 Å². The third-order valence-electron chi connectivity index (χ3n) is 10.9. The van der Waals surface area contributed by atoms with Crippen LogP contribution in [-0.2, 0) is 16.6 Å². The second-order valence-electron chi connectivity index (χ2n) is 14.9. The first-order valence-electron chi connectivity index (χ1n) is 18.4. The summed E-state index contributed by atoms with van der Waals surface area (Å²) >= 11 is 0. The molecule has 52 heavy (non-hydrogen) atoms. The Hall–Kier alpha value is -4.91. The van der Waals surface area contributed by atoms with Crippen LogP contribution in [0.2, 0.25) is 0 Å². The van der Waals surface area contributed by atoms with Crippen molar-refractivity contribution in [1.82, 2.24) is 29.5 Å². The molecule has 4 aliphatic rings. The van der Waals surface area contributed by atoms with Crippen LogP contribution >= 0.6 is 0 Å². The van der Waals surface area contributed by atoms with Crippen LogP contribution in [0.5, 0.6) is 5.88 Å². The number of piperidine rings is 1. The van der Waals surface area contributed by atoms with E-state index in [0.29, 0.717) is 29.2 Å². The Bertz CT molecular complexity index is 1990. The van der Waals surface area contributed by atoms with Gasteiger partial charge in [0.25, 0.3) is 0 Å². The standard InChI is InChI=1S/C40H47N9O3/c1-26(2)51-35-12-9-30(22-43-35)36(42)32-21-31(10-11-33(32)41)49-17-4-15-40(39(49)50)16-20-47(24-40)23-34-38(52-34)48-18-13-28(14-19-48)27-5-7-29(8-6-27)37-44-25-46(3)45-37/h5-13,21-22,25-26,34,38,42H,4,14-20,23-24,41H2,1-3H3. The molecule has 3 atom stereocenters. The number of aromatic nitrogens is 4. The average molecular weight is 702 g/mol. The number of nitrogens with zero attached hydrogens (tertiary/aromatic N) is 7. The highest BCUT2D eigenvalue weighted by atomic mass is 16.6. The van der Waals surface area contributed by atoms with Gasteiger partial charge in [0.15, 0.2) is 5.82 Å². The maximum Gasteiger partial charge on any atom is 0.234 e. The molecule has 3 unspecified atom stereocenters. The van der Waals surface area contributed by atoms with Gasteiger partial charge in [-0.05, 0) is 81.5 Å². The van der Waals surface area contributed by atoms with E-state index in [2.05, 4.69) is 55.2 Å². The topological polar surface area (TPSA) is 142 Å². The zero-order valence-corrected chi connectivity index (χ0v) is 30.2. The molecule has 2 aromatic carbocycles. The zero-order valence-electron chi connectivity index (χ0n) is 30.2. The number of amides is 1. The number of epoxide rings is 1. The lowest BCUT2D eigenvalue weighted by Gasteiger charge is -2.39. The predicted molar refractivity (Wildman–Crippen MR) is 201 cm³/mol. The number of carbonyl (C=O) groups is 1. The van der Waals surface area contributed by atoms with Gasteiger partial charge in [0, 0.05) is 80.1 Å². The summed E-state index contributed by atoms with van der Waals surface area (Å²) in [4.78, 5) is 29.7. The van der Waals surface area contributed by atoms with Crippen LogP contribution in [0, 0.1) is 10.8 Å². The van der Waals surface area contributed by atoms with Crippen LogP contribution in [0.4, 0.5) is 11.4 Å². The van der Waals surface area contributed by atoms with Crippen LogP contribution in [0.25, 0.3) is 17.0 Å². The number of carbonyl (C=O) groups excluding carboxylic acids is 1. The van der Waals surface area contributed by atoms with Gasteiger partial charge < -0.3 is 20.1 Å². The Morgan fingerprint density at radius 1 is 1.06 bits per heavy atom. The predicted octanol–water partition coefficient (Wildman–Crippen LogP) is 5.00. The molecule has 12 nitrogen and oxygen atoms in total. The van der Waals surface area contributed by atoms with Crippen molar-refractivity contribution in [2.45, 2.75) is 58.0 Å². The van der Waals surface area contributed by atoms with Crippen molar-refractivity contribution in [3.8, 4) is 17.3 Å². The van der Waals surface area contributed by atoms with E-state index in [-0.39, 0.29) is 30.1 Å². The second kappa shape index (κ2) is 13.9. The van der Waals surface area contributed by atoms with Crippen LogP contribution in [0.3, 0.4) is 0 Å². The molecule has 3 fully saturated rings. The number of rotatable bonds is 10. The number of nitrogen functional groups attached to an aromatic ring is 1. The first-order chi connectivity index (χ1) is 25.2. The quantitative estimate of drug-likeness (QED) is 0.133. The van der Waals surface area contributed by atoms with Gasteiger partial charge in [-0.1, -0.05) is 30.3 Å². The van der Waals surface area contributed by atoms with E-state index in [1.807, 2.05) is 44.0 Å². The normalized spacial score (nSPS) is 23.7. The molecule has 0 aliphatic carbocycles. The minimum absolute atomic E-state index is 0.0146. The van der Waals surface area contributed by atoms with Crippen molar-refractivity contribution in [2.75, 3.05) is 49.9 Å². The largest absolute Gasteiger partial charge is 0.475 e. The smallest absolute Gasteiger partial charge is 0.234 e. The average Bonchev–Trinajstić information content (AvgIpc) is 3.58. The maximum absolute atomic E-state index is 14.2. The van der Waals surface area contributed by atoms with E-state index in [1.165, 1.54) is 11.1 Å². The van der Waals surface area contributed by atoms with Crippen molar-refractivity contribution in [3.05, 3.63) is 89.9 Å². The van der Waals surface area contributed by atoms with Gasteiger partial charge in [-0.15, -0.1) is 0 Å². The summed E-state index contributed by atoms with van der Waals surface area (Å²) in [6.07, 6.45) is 9.64. The molecule has 1 spiro atoms. The van der Waals surface area contributed by atoms with Crippen molar-refractivity contribution >= 4 is 28.6 Å². The molecular weight excluding hydrogens is 654 g/mol. The van der Waals surface area contributed by atoms with Gasteiger partial charge in [-0.3, -0.25) is 24.7 Å². The molecule has 3 saturated heterocycles. The lowest BCUT2D eigenvalue weighted by molar-refractivity contribution is -0.129. The van der Waals surface area contributed by atoms with Crippen LogP contribution < -0.4 is 15.4 Å². The molecule has 0 saturated carbocycles. The summed E-state index contributed by atoms with van der Waals surface area (Å²) in [5.41, 5.74) is 12.4. The van der Waals surface area contributed by atoms with E-state index < -0.39 is 5.41 Å². The number of pyridine rings is 1. The van der Waals surface area contributed by atoms with E-state index in [1.54, 1.807) is 29.3 Å². The summed E-state index contributed by atoms with van der Waals surface area (Å²) in [5, 5.41) is 13.3. The molecule has 270 valence electrons. The van der Waals surface area contributed by atoms with Gasteiger partial charge in [-0.2, -0.15) is 5.10 Å². The minimum Gasteiger partial charge on any atom is -0.475 e. The number of likely N-dealkylation sites (tertiary alicyclic amines) is 1. The Morgan fingerprint density at radius 3 is 2.60 bits per heavy atom. The molecule has 1 amide bonds. The number of nitrogens with one attached hydrogen (secondary N) is 1. The van der Waals surface area contributed by atoms with E-state index in [4.69, 9.17) is 20.6 Å². The highest BCUT2D eigenvalue weighted by Crippen LogP contribution is 2.43. The first-order valence-corrected chi connectivity index (χ1v) is 18.4. The molecule has 4 aromatic rings. The molecule has 2 aromatic heterocycles. The Balaban J connectivity index is 0.864. The fraction of sp³-hybridized carbons (Fsp3) is 0.425. The molecular formula is C40H47N9O3. The summed E-state index contributed by atoms with van der Waals surface area (Å²) in [5.74, 6) is 1.43. The minimum atomic E-state index is -0.404. The Kier molecular flexibility index (Phi) is 9.14. The van der Waals surface area contributed by atoms with Crippen molar-refractivity contribution in [1.29, 1.82) is 5.41 Å². The van der Waals surface area contributed by atoms with Crippen molar-refractivity contribution < 1.29 is 14.3 Å².